The highest BCUT2D eigenvalue weighted by molar-refractivity contribution is 5.23. The zero-order chi connectivity index (χ0) is 13.0. The van der Waals surface area contributed by atoms with Gasteiger partial charge in [0.25, 0.3) is 0 Å². The van der Waals surface area contributed by atoms with E-state index in [0.717, 1.165) is 19.0 Å². The van der Waals surface area contributed by atoms with Crippen molar-refractivity contribution in [2.24, 2.45) is 5.92 Å². The van der Waals surface area contributed by atoms with Gasteiger partial charge in [0.2, 0.25) is 0 Å². The van der Waals surface area contributed by atoms with Crippen molar-refractivity contribution in [1.82, 2.24) is 10.2 Å². The maximum atomic E-state index is 3.47. The molecule has 0 saturated heterocycles. The van der Waals surface area contributed by atoms with Gasteiger partial charge >= 0.3 is 0 Å². The Kier molecular flexibility index (Phi) is 4.79. The van der Waals surface area contributed by atoms with Gasteiger partial charge in [0.15, 0.2) is 0 Å². The van der Waals surface area contributed by atoms with Gasteiger partial charge in [0, 0.05) is 25.7 Å². The molecule has 0 spiro atoms. The Hall–Kier alpha value is -0.860. The van der Waals surface area contributed by atoms with Gasteiger partial charge in [-0.15, -0.1) is 0 Å². The molecule has 0 unspecified atom stereocenters. The Labute approximate surface area is 111 Å². The summed E-state index contributed by atoms with van der Waals surface area (Å²) in [5, 5.41) is 3.47. The quantitative estimate of drug-likeness (QED) is 0.795. The number of nitrogens with zero attached hydrogens (tertiary/aromatic N) is 1. The van der Waals surface area contributed by atoms with Gasteiger partial charge in [-0.3, -0.25) is 0 Å². The van der Waals surface area contributed by atoms with Gasteiger partial charge in [-0.25, -0.2) is 0 Å². The van der Waals surface area contributed by atoms with Crippen molar-refractivity contribution in [3.05, 3.63) is 35.4 Å². The van der Waals surface area contributed by atoms with Gasteiger partial charge in [-0.2, -0.15) is 0 Å². The summed E-state index contributed by atoms with van der Waals surface area (Å²) in [6, 6.07) is 9.50. The van der Waals surface area contributed by atoms with Gasteiger partial charge in [-0.1, -0.05) is 38.1 Å². The molecule has 18 heavy (non-hydrogen) atoms. The van der Waals surface area contributed by atoms with Gasteiger partial charge in [0.1, 0.15) is 0 Å². The summed E-state index contributed by atoms with van der Waals surface area (Å²) in [7, 11) is 2.23. The van der Waals surface area contributed by atoms with Gasteiger partial charge in [-0.05, 0) is 36.9 Å². The fourth-order valence-electron chi connectivity index (χ4n) is 2.28. The van der Waals surface area contributed by atoms with E-state index in [-0.39, 0.29) is 0 Å². The summed E-state index contributed by atoms with van der Waals surface area (Å²) >= 11 is 0. The van der Waals surface area contributed by atoms with E-state index in [1.54, 1.807) is 0 Å². The zero-order valence-corrected chi connectivity index (χ0v) is 11.9. The third kappa shape index (κ3) is 4.79. The minimum Gasteiger partial charge on any atom is -0.310 e. The second-order valence-corrected chi connectivity index (χ2v) is 6.00. The fraction of sp³-hybridized carbons (Fsp3) is 0.625. The lowest BCUT2D eigenvalue weighted by Crippen LogP contribution is -2.22. The van der Waals surface area contributed by atoms with Crippen molar-refractivity contribution < 1.29 is 0 Å². The van der Waals surface area contributed by atoms with Crippen molar-refractivity contribution in [3.8, 4) is 0 Å². The third-order valence-corrected chi connectivity index (χ3v) is 3.43. The molecule has 0 aliphatic heterocycles. The van der Waals surface area contributed by atoms with E-state index in [4.69, 9.17) is 0 Å². The molecule has 2 nitrogen and oxygen atoms in total. The molecule has 1 N–H and O–H groups in total. The van der Waals surface area contributed by atoms with Crippen molar-refractivity contribution in [1.29, 1.82) is 0 Å². The highest BCUT2D eigenvalue weighted by Gasteiger charge is 2.22. The zero-order valence-electron chi connectivity index (χ0n) is 11.9. The molecule has 0 heterocycles. The Morgan fingerprint density at radius 1 is 1.28 bits per heavy atom. The molecular formula is C16H26N2. The lowest BCUT2D eigenvalue weighted by Gasteiger charge is -2.17. The monoisotopic (exact) mass is 246 g/mol. The van der Waals surface area contributed by atoms with Crippen molar-refractivity contribution >= 4 is 0 Å². The molecule has 1 aromatic rings. The summed E-state index contributed by atoms with van der Waals surface area (Å²) in [4.78, 5) is 2.45. The molecular weight excluding hydrogens is 220 g/mol. The highest BCUT2D eigenvalue weighted by Crippen LogP contribution is 2.29. The van der Waals surface area contributed by atoms with Crippen LogP contribution < -0.4 is 5.32 Å². The molecule has 1 aromatic carbocycles. The lowest BCUT2D eigenvalue weighted by atomic mass is 10.1. The topological polar surface area (TPSA) is 15.3 Å². The van der Waals surface area contributed by atoms with Crippen LogP contribution in [0.5, 0.6) is 0 Å². The van der Waals surface area contributed by atoms with Crippen LogP contribution in [0, 0.1) is 5.92 Å². The summed E-state index contributed by atoms with van der Waals surface area (Å²) in [6.07, 6.45) is 2.87. The number of rotatable bonds is 7. The lowest BCUT2D eigenvalue weighted by molar-refractivity contribution is 0.313. The first kappa shape index (κ1) is 13.6. The van der Waals surface area contributed by atoms with Crippen LogP contribution in [0.15, 0.2) is 24.3 Å². The van der Waals surface area contributed by atoms with Gasteiger partial charge in [0.05, 0.1) is 0 Å². The number of hydrogen-bond acceptors (Lipinski definition) is 2. The number of nitrogens with one attached hydrogen (secondary N) is 1. The number of hydrogen-bond donors (Lipinski definition) is 1. The molecule has 0 radical (unpaired) electrons. The molecule has 0 amide bonds. The normalized spacial score (nSPS) is 15.6. The largest absolute Gasteiger partial charge is 0.310 e. The summed E-state index contributed by atoms with van der Waals surface area (Å²) in [5.41, 5.74) is 2.82. The molecule has 0 aromatic heterocycles. The van der Waals surface area contributed by atoms with E-state index >= 15 is 0 Å². The smallest absolute Gasteiger partial charge is 0.0230 e. The maximum absolute atomic E-state index is 3.47. The summed E-state index contributed by atoms with van der Waals surface area (Å²) < 4.78 is 0. The van der Waals surface area contributed by atoms with E-state index in [1.165, 1.54) is 30.5 Å². The standard InChI is InChI=1S/C16H26N2/c1-13(2)17-10-15-5-4-6-16(9-15)12-18(3)11-14-7-8-14/h4-6,9,13-14,17H,7-8,10-12H2,1-3H3. The van der Waals surface area contributed by atoms with Crippen LogP contribution in [0.1, 0.15) is 37.8 Å². The predicted molar refractivity (Wildman–Crippen MR) is 77.5 cm³/mol. The summed E-state index contributed by atoms with van der Waals surface area (Å²) in [6.45, 7) is 7.68. The SMILES string of the molecule is CC(C)NCc1cccc(CN(C)CC2CC2)c1. The molecule has 1 aliphatic carbocycles. The minimum absolute atomic E-state index is 0.547. The van der Waals surface area contributed by atoms with Crippen LogP contribution in [-0.4, -0.2) is 24.5 Å². The first-order valence-electron chi connectivity index (χ1n) is 7.13. The molecule has 100 valence electrons. The Morgan fingerprint density at radius 3 is 2.67 bits per heavy atom. The average molecular weight is 246 g/mol. The summed E-state index contributed by atoms with van der Waals surface area (Å²) in [5.74, 6) is 0.973. The molecule has 0 atom stereocenters. The van der Waals surface area contributed by atoms with E-state index in [1.807, 2.05) is 0 Å². The Balaban J connectivity index is 1.85. The fourth-order valence-corrected chi connectivity index (χ4v) is 2.28. The molecule has 2 rings (SSSR count). The van der Waals surface area contributed by atoms with Crippen LogP contribution in [0.4, 0.5) is 0 Å². The molecule has 1 saturated carbocycles. The van der Waals surface area contributed by atoms with Crippen molar-refractivity contribution in [2.75, 3.05) is 13.6 Å². The van der Waals surface area contributed by atoms with Crippen molar-refractivity contribution in [3.63, 3.8) is 0 Å². The van der Waals surface area contributed by atoms with Crippen LogP contribution in [-0.2, 0) is 13.1 Å². The maximum Gasteiger partial charge on any atom is 0.0230 e. The molecule has 2 heteroatoms. The van der Waals surface area contributed by atoms with E-state index in [2.05, 4.69) is 55.4 Å². The third-order valence-electron chi connectivity index (χ3n) is 3.43. The molecule has 1 fully saturated rings. The first-order chi connectivity index (χ1) is 8.63. The van der Waals surface area contributed by atoms with Crippen LogP contribution in [0.2, 0.25) is 0 Å². The second-order valence-electron chi connectivity index (χ2n) is 6.00. The Morgan fingerprint density at radius 2 is 2.00 bits per heavy atom. The molecule has 0 bridgehead atoms. The van der Waals surface area contributed by atoms with Crippen molar-refractivity contribution in [2.45, 2.75) is 45.8 Å². The first-order valence-corrected chi connectivity index (χ1v) is 7.13. The van der Waals surface area contributed by atoms with E-state index in [9.17, 15) is 0 Å². The Bertz CT molecular complexity index is 369. The van der Waals surface area contributed by atoms with Crippen LogP contribution in [0.3, 0.4) is 0 Å². The minimum atomic E-state index is 0.547. The number of benzene rings is 1. The van der Waals surface area contributed by atoms with Crippen LogP contribution in [0.25, 0.3) is 0 Å². The average Bonchev–Trinajstić information content (AvgIpc) is 3.10. The molecule has 1 aliphatic rings. The van der Waals surface area contributed by atoms with E-state index < -0.39 is 0 Å². The van der Waals surface area contributed by atoms with E-state index in [0.29, 0.717) is 6.04 Å². The van der Waals surface area contributed by atoms with Gasteiger partial charge < -0.3 is 10.2 Å². The second kappa shape index (κ2) is 6.35. The predicted octanol–water partition coefficient (Wildman–Crippen LogP) is 3.03. The highest BCUT2D eigenvalue weighted by atomic mass is 15.1. The van der Waals surface area contributed by atoms with Crippen LogP contribution >= 0.6 is 0 Å².